The van der Waals surface area contributed by atoms with Gasteiger partial charge in [-0.1, -0.05) is 31.9 Å². The highest BCUT2D eigenvalue weighted by atomic mass is 19.1. The number of para-hydroxylation sites is 1. The molecule has 1 aliphatic heterocycles. The minimum atomic E-state index is -0.967. The van der Waals surface area contributed by atoms with Crippen LogP contribution in [0.2, 0.25) is 0 Å². The van der Waals surface area contributed by atoms with Crippen LogP contribution in [0.4, 0.5) is 19.7 Å². The van der Waals surface area contributed by atoms with Gasteiger partial charge in [0.25, 0.3) is 5.91 Å². The van der Waals surface area contributed by atoms with Crippen LogP contribution in [0.15, 0.2) is 24.3 Å². The largest absolute Gasteiger partial charge is 0.326 e. The number of nitrogens with one attached hydrogen (secondary N) is 3. The van der Waals surface area contributed by atoms with Gasteiger partial charge in [-0.2, -0.15) is 0 Å². The maximum Gasteiger partial charge on any atom is 0.326 e. The lowest BCUT2D eigenvalue weighted by molar-refractivity contribution is -0.137. The molecule has 27 heavy (non-hydrogen) atoms. The van der Waals surface area contributed by atoms with Crippen LogP contribution < -0.4 is 16.0 Å². The summed E-state index contributed by atoms with van der Waals surface area (Å²) >= 11 is 0. The topological polar surface area (TPSA) is 108 Å². The van der Waals surface area contributed by atoms with E-state index in [4.69, 9.17) is 0 Å². The first-order valence-corrected chi connectivity index (χ1v) is 8.83. The third-order valence-corrected chi connectivity index (χ3v) is 5.18. The predicted octanol–water partition coefficient (Wildman–Crippen LogP) is 1.97. The van der Waals surface area contributed by atoms with Gasteiger partial charge in [0.1, 0.15) is 17.9 Å². The van der Waals surface area contributed by atoms with E-state index in [9.17, 15) is 23.6 Å². The Bertz CT molecular complexity index is 799. The fraction of sp³-hybridized carbons (Fsp3) is 0.444. The number of rotatable bonds is 3. The van der Waals surface area contributed by atoms with Crippen molar-refractivity contribution in [2.45, 2.75) is 38.1 Å². The number of hydrogen-bond donors (Lipinski definition) is 3. The molecule has 1 aliphatic carbocycles. The molecule has 0 unspecified atom stereocenters. The van der Waals surface area contributed by atoms with Crippen LogP contribution in [-0.4, -0.2) is 40.9 Å². The molecule has 1 aromatic carbocycles. The Morgan fingerprint density at radius 3 is 2.74 bits per heavy atom. The maximum atomic E-state index is 13.5. The summed E-state index contributed by atoms with van der Waals surface area (Å²) in [6.07, 6.45) is 3.16. The molecule has 2 fully saturated rings. The van der Waals surface area contributed by atoms with E-state index in [0.717, 1.165) is 30.2 Å². The molecule has 3 N–H and O–H groups in total. The summed E-state index contributed by atoms with van der Waals surface area (Å²) in [4.78, 5) is 49.8. The molecule has 2 aliphatic rings. The molecular formula is C18H21FN4O4. The van der Waals surface area contributed by atoms with Crippen molar-refractivity contribution in [3.05, 3.63) is 30.1 Å². The molecule has 0 aromatic heterocycles. The summed E-state index contributed by atoms with van der Waals surface area (Å²) < 4.78 is 13.5. The molecule has 3 rings (SSSR count). The number of hydrogen-bond acceptors (Lipinski definition) is 4. The monoisotopic (exact) mass is 376 g/mol. The second-order valence-corrected chi connectivity index (χ2v) is 6.92. The second-order valence-electron chi connectivity index (χ2n) is 6.92. The second kappa shape index (κ2) is 7.34. The van der Waals surface area contributed by atoms with Crippen LogP contribution in [0.5, 0.6) is 0 Å². The highest BCUT2D eigenvalue weighted by molar-refractivity contribution is 6.10. The summed E-state index contributed by atoms with van der Waals surface area (Å²) in [5.74, 6) is -1.96. The van der Waals surface area contributed by atoms with Gasteiger partial charge in [0.05, 0.1) is 5.69 Å². The molecule has 1 saturated heterocycles. The molecule has 144 valence electrons. The van der Waals surface area contributed by atoms with Crippen LogP contribution in [0.1, 0.15) is 32.6 Å². The van der Waals surface area contributed by atoms with Gasteiger partial charge in [-0.3, -0.25) is 19.8 Å². The van der Waals surface area contributed by atoms with E-state index in [1.165, 1.54) is 18.2 Å². The molecule has 2 atom stereocenters. The molecular weight excluding hydrogens is 355 g/mol. The van der Waals surface area contributed by atoms with Crippen molar-refractivity contribution in [2.24, 2.45) is 5.92 Å². The molecule has 0 radical (unpaired) electrons. The zero-order valence-electron chi connectivity index (χ0n) is 14.9. The lowest BCUT2D eigenvalue weighted by Gasteiger charge is -2.36. The average Bonchev–Trinajstić information content (AvgIpc) is 2.84. The van der Waals surface area contributed by atoms with Crippen LogP contribution in [-0.2, 0) is 9.59 Å². The Labute approximate surface area is 155 Å². The summed E-state index contributed by atoms with van der Waals surface area (Å²) in [6, 6.07) is 3.90. The first-order chi connectivity index (χ1) is 12.8. The number of benzene rings is 1. The summed E-state index contributed by atoms with van der Waals surface area (Å²) in [5.41, 5.74) is -1.06. The number of urea groups is 2. The standard InChI is InChI=1S/C18H21FN4O4/c1-11-6-4-5-9-18(11)15(25)23(17(27)22-18)10-14(24)21-16(26)20-13-8-3-2-7-12(13)19/h2-3,7-8,11H,4-6,9-10H2,1H3,(H,22,27)(H2,20,21,24,26)/t11-,18+/m1/s1. The molecule has 1 heterocycles. The number of nitrogens with zero attached hydrogens (tertiary/aromatic N) is 1. The van der Waals surface area contributed by atoms with Crippen LogP contribution >= 0.6 is 0 Å². The lowest BCUT2D eigenvalue weighted by Crippen LogP contribution is -2.54. The first kappa shape index (κ1) is 18.8. The number of anilines is 1. The van der Waals surface area contributed by atoms with Crippen molar-refractivity contribution in [1.82, 2.24) is 15.5 Å². The summed E-state index contributed by atoms with van der Waals surface area (Å²) in [5, 5.41) is 6.93. The third kappa shape index (κ3) is 3.62. The van der Waals surface area contributed by atoms with E-state index in [1.54, 1.807) is 0 Å². The quantitative estimate of drug-likeness (QED) is 0.701. The van der Waals surface area contributed by atoms with Crippen molar-refractivity contribution in [2.75, 3.05) is 11.9 Å². The van der Waals surface area contributed by atoms with Crippen LogP contribution in [0, 0.1) is 11.7 Å². The van der Waals surface area contributed by atoms with Crippen molar-refractivity contribution >= 4 is 29.6 Å². The molecule has 8 nitrogen and oxygen atoms in total. The van der Waals surface area contributed by atoms with E-state index in [2.05, 4.69) is 10.6 Å². The average molecular weight is 376 g/mol. The van der Waals surface area contributed by atoms with Gasteiger partial charge in [0, 0.05) is 0 Å². The number of carbonyl (C=O) groups excluding carboxylic acids is 4. The fourth-order valence-corrected chi connectivity index (χ4v) is 3.66. The van der Waals surface area contributed by atoms with Gasteiger partial charge in [-0.15, -0.1) is 0 Å². The van der Waals surface area contributed by atoms with Crippen molar-refractivity contribution in [3.63, 3.8) is 0 Å². The van der Waals surface area contributed by atoms with Crippen molar-refractivity contribution in [3.8, 4) is 0 Å². The minimum absolute atomic E-state index is 0.0277. The van der Waals surface area contributed by atoms with Gasteiger partial charge in [-0.25, -0.2) is 14.0 Å². The van der Waals surface area contributed by atoms with E-state index in [-0.39, 0.29) is 11.6 Å². The summed E-state index contributed by atoms with van der Waals surface area (Å²) in [6.45, 7) is 1.33. The third-order valence-electron chi connectivity index (χ3n) is 5.18. The molecule has 1 spiro atoms. The minimum Gasteiger partial charge on any atom is -0.323 e. The smallest absolute Gasteiger partial charge is 0.323 e. The lowest BCUT2D eigenvalue weighted by atomic mass is 9.73. The number of imide groups is 2. The zero-order valence-corrected chi connectivity index (χ0v) is 14.9. The van der Waals surface area contributed by atoms with Gasteiger partial charge >= 0.3 is 12.1 Å². The molecule has 1 saturated carbocycles. The van der Waals surface area contributed by atoms with Gasteiger partial charge in [0.2, 0.25) is 5.91 Å². The zero-order chi connectivity index (χ0) is 19.6. The Kier molecular flexibility index (Phi) is 5.11. The van der Waals surface area contributed by atoms with E-state index < -0.39 is 41.8 Å². The van der Waals surface area contributed by atoms with E-state index in [1.807, 2.05) is 12.2 Å². The van der Waals surface area contributed by atoms with Gasteiger partial charge in [0.15, 0.2) is 0 Å². The Morgan fingerprint density at radius 1 is 1.30 bits per heavy atom. The maximum absolute atomic E-state index is 13.5. The van der Waals surface area contributed by atoms with Crippen LogP contribution in [0.25, 0.3) is 0 Å². The molecule has 0 bridgehead atoms. The fourth-order valence-electron chi connectivity index (χ4n) is 3.66. The summed E-state index contributed by atoms with van der Waals surface area (Å²) in [7, 11) is 0. The van der Waals surface area contributed by atoms with E-state index in [0.29, 0.717) is 6.42 Å². The highest BCUT2D eigenvalue weighted by Gasteiger charge is 2.55. The predicted molar refractivity (Wildman–Crippen MR) is 94.2 cm³/mol. The van der Waals surface area contributed by atoms with Crippen molar-refractivity contribution < 1.29 is 23.6 Å². The molecule has 6 amide bonds. The normalized spacial score (nSPS) is 24.7. The SMILES string of the molecule is C[C@@H]1CCCC[C@]12NC(=O)N(CC(=O)NC(=O)Nc1ccccc1F)C2=O. The number of halogens is 1. The van der Waals surface area contributed by atoms with Crippen LogP contribution in [0.3, 0.4) is 0 Å². The number of amides is 6. The van der Waals surface area contributed by atoms with E-state index >= 15 is 0 Å². The Balaban J connectivity index is 1.60. The highest BCUT2D eigenvalue weighted by Crippen LogP contribution is 2.38. The molecule has 1 aromatic rings. The first-order valence-electron chi connectivity index (χ1n) is 8.83. The van der Waals surface area contributed by atoms with Gasteiger partial charge in [-0.05, 0) is 30.9 Å². The van der Waals surface area contributed by atoms with Gasteiger partial charge < -0.3 is 10.6 Å². The molecule has 9 heteroatoms. The Morgan fingerprint density at radius 2 is 2.04 bits per heavy atom. The van der Waals surface area contributed by atoms with Crippen molar-refractivity contribution in [1.29, 1.82) is 0 Å². The Hall–Kier alpha value is -2.97. The number of carbonyl (C=O) groups is 4.